The van der Waals surface area contributed by atoms with Crippen molar-refractivity contribution < 1.29 is 4.92 Å². The smallest absolute Gasteiger partial charge is 0.362 e. The Hall–Kier alpha value is -1.63. The predicted molar refractivity (Wildman–Crippen MR) is 70.9 cm³/mol. The fraction of sp³-hybridized carbons (Fsp3) is 0.727. The summed E-state index contributed by atoms with van der Waals surface area (Å²) in [6.07, 6.45) is 0.911. The minimum absolute atomic E-state index is 0.105. The molecule has 0 aromatic carbocycles. The highest BCUT2D eigenvalue weighted by atomic mass is 16.6. The van der Waals surface area contributed by atoms with Gasteiger partial charge in [0, 0.05) is 20.0 Å². The van der Waals surface area contributed by atoms with Crippen molar-refractivity contribution in [2.45, 2.75) is 26.3 Å². The monoisotopic (exact) mass is 255 g/mol. The third kappa shape index (κ3) is 3.43. The van der Waals surface area contributed by atoms with Crippen LogP contribution in [0.15, 0.2) is 0 Å². The molecule has 18 heavy (non-hydrogen) atoms. The SMILES string of the molecule is Cc1nc([N+](=O)[O-])c(NC(C)CCN(C)C)n1C. The van der Waals surface area contributed by atoms with Gasteiger partial charge in [0.1, 0.15) is 0 Å². The lowest BCUT2D eigenvalue weighted by Gasteiger charge is -2.17. The van der Waals surface area contributed by atoms with Crippen LogP contribution in [-0.4, -0.2) is 46.1 Å². The number of aromatic nitrogens is 2. The van der Waals surface area contributed by atoms with Gasteiger partial charge in [0.05, 0.1) is 0 Å². The minimum Gasteiger partial charge on any atom is -0.362 e. The first-order chi connectivity index (χ1) is 8.32. The van der Waals surface area contributed by atoms with Gasteiger partial charge in [-0.3, -0.25) is 4.57 Å². The molecular weight excluding hydrogens is 234 g/mol. The first-order valence-electron chi connectivity index (χ1n) is 5.92. The predicted octanol–water partition coefficient (Wildman–Crippen LogP) is 1.39. The minimum atomic E-state index is -0.450. The van der Waals surface area contributed by atoms with Crippen LogP contribution >= 0.6 is 0 Å². The van der Waals surface area contributed by atoms with Crippen molar-refractivity contribution >= 4 is 11.6 Å². The van der Waals surface area contributed by atoms with E-state index in [1.165, 1.54) is 0 Å². The lowest BCUT2D eigenvalue weighted by molar-refractivity contribution is -0.388. The van der Waals surface area contributed by atoms with Gasteiger partial charge in [-0.05, 0) is 43.9 Å². The summed E-state index contributed by atoms with van der Waals surface area (Å²) in [7, 11) is 5.78. The van der Waals surface area contributed by atoms with Gasteiger partial charge in [-0.15, -0.1) is 0 Å². The zero-order valence-electron chi connectivity index (χ0n) is 11.6. The van der Waals surface area contributed by atoms with Crippen LogP contribution in [0.4, 0.5) is 11.6 Å². The fourth-order valence-electron chi connectivity index (χ4n) is 1.64. The number of hydrogen-bond donors (Lipinski definition) is 1. The summed E-state index contributed by atoms with van der Waals surface area (Å²) in [5.74, 6) is 1.000. The number of rotatable bonds is 6. The number of imidazole rings is 1. The quantitative estimate of drug-likeness (QED) is 0.614. The van der Waals surface area contributed by atoms with E-state index < -0.39 is 4.92 Å². The molecule has 0 saturated heterocycles. The molecule has 0 fully saturated rings. The molecule has 0 aliphatic heterocycles. The molecule has 1 rings (SSSR count). The van der Waals surface area contributed by atoms with Crippen LogP contribution in [0.5, 0.6) is 0 Å². The maximum absolute atomic E-state index is 10.9. The second kappa shape index (κ2) is 5.81. The van der Waals surface area contributed by atoms with E-state index in [0.29, 0.717) is 11.6 Å². The van der Waals surface area contributed by atoms with Crippen LogP contribution in [-0.2, 0) is 7.05 Å². The molecule has 1 N–H and O–H groups in total. The Morgan fingerprint density at radius 2 is 2.17 bits per heavy atom. The van der Waals surface area contributed by atoms with Crippen LogP contribution in [0, 0.1) is 17.0 Å². The molecule has 1 heterocycles. The number of nitrogens with one attached hydrogen (secondary N) is 1. The van der Waals surface area contributed by atoms with E-state index in [0.717, 1.165) is 13.0 Å². The summed E-state index contributed by atoms with van der Waals surface area (Å²) in [5, 5.41) is 14.1. The Labute approximate surface area is 107 Å². The van der Waals surface area contributed by atoms with Gasteiger partial charge in [0.15, 0.2) is 0 Å². The van der Waals surface area contributed by atoms with Crippen LogP contribution in [0.25, 0.3) is 0 Å². The number of hydrogen-bond acceptors (Lipinski definition) is 5. The Morgan fingerprint density at radius 3 is 2.67 bits per heavy atom. The van der Waals surface area contributed by atoms with E-state index in [1.807, 2.05) is 21.0 Å². The number of nitrogens with zero attached hydrogens (tertiary/aromatic N) is 4. The highest BCUT2D eigenvalue weighted by Gasteiger charge is 2.24. The zero-order chi connectivity index (χ0) is 13.9. The molecule has 1 atom stereocenters. The summed E-state index contributed by atoms with van der Waals surface area (Å²) in [4.78, 5) is 16.5. The van der Waals surface area contributed by atoms with Gasteiger partial charge in [-0.1, -0.05) is 0 Å². The molecule has 0 bridgehead atoms. The van der Waals surface area contributed by atoms with Gasteiger partial charge >= 0.3 is 5.82 Å². The first-order valence-corrected chi connectivity index (χ1v) is 5.92. The molecule has 0 aliphatic rings. The van der Waals surface area contributed by atoms with Crippen LogP contribution in [0.1, 0.15) is 19.2 Å². The molecule has 1 unspecified atom stereocenters. The van der Waals surface area contributed by atoms with E-state index in [2.05, 4.69) is 15.2 Å². The molecular formula is C11H21N5O2. The molecule has 102 valence electrons. The lowest BCUT2D eigenvalue weighted by Crippen LogP contribution is -2.24. The van der Waals surface area contributed by atoms with E-state index in [1.54, 1.807) is 18.5 Å². The van der Waals surface area contributed by atoms with Crippen molar-refractivity contribution in [1.29, 1.82) is 0 Å². The number of anilines is 1. The van der Waals surface area contributed by atoms with E-state index in [4.69, 9.17) is 0 Å². The van der Waals surface area contributed by atoms with E-state index >= 15 is 0 Å². The van der Waals surface area contributed by atoms with Crippen molar-refractivity contribution in [3.63, 3.8) is 0 Å². The van der Waals surface area contributed by atoms with E-state index in [9.17, 15) is 10.1 Å². The average Bonchev–Trinajstić information content (AvgIpc) is 2.54. The number of aryl methyl sites for hydroxylation is 1. The van der Waals surface area contributed by atoms with Crippen molar-refractivity contribution in [1.82, 2.24) is 14.5 Å². The zero-order valence-corrected chi connectivity index (χ0v) is 11.6. The second-order valence-corrected chi connectivity index (χ2v) is 4.78. The summed E-state index contributed by atoms with van der Waals surface area (Å²) in [6, 6.07) is 0.154. The molecule has 0 aliphatic carbocycles. The molecule has 0 radical (unpaired) electrons. The molecule has 1 aromatic rings. The Bertz CT molecular complexity index is 427. The third-order valence-electron chi connectivity index (χ3n) is 2.87. The normalized spacial score (nSPS) is 12.8. The van der Waals surface area contributed by atoms with Crippen molar-refractivity contribution in [2.75, 3.05) is 26.0 Å². The average molecular weight is 255 g/mol. The van der Waals surface area contributed by atoms with Crippen molar-refractivity contribution in [3.8, 4) is 0 Å². The summed E-state index contributed by atoms with van der Waals surface area (Å²) in [6.45, 7) is 4.69. The maximum atomic E-state index is 10.9. The van der Waals surface area contributed by atoms with E-state index in [-0.39, 0.29) is 11.9 Å². The van der Waals surface area contributed by atoms with Crippen LogP contribution < -0.4 is 5.32 Å². The standard InChI is InChI=1S/C11H21N5O2/c1-8(6-7-14(3)4)12-10-11(16(17)18)13-9(2)15(10)5/h8,12H,6-7H2,1-5H3. The highest BCUT2D eigenvalue weighted by molar-refractivity contribution is 5.53. The van der Waals surface area contributed by atoms with Crippen LogP contribution in [0.2, 0.25) is 0 Å². The fourth-order valence-corrected chi connectivity index (χ4v) is 1.64. The Balaban J connectivity index is 2.80. The Kier molecular flexibility index (Phi) is 4.66. The lowest BCUT2D eigenvalue weighted by atomic mass is 10.2. The van der Waals surface area contributed by atoms with Gasteiger partial charge in [0.2, 0.25) is 11.6 Å². The van der Waals surface area contributed by atoms with Crippen molar-refractivity contribution in [2.24, 2.45) is 7.05 Å². The largest absolute Gasteiger partial charge is 0.406 e. The summed E-state index contributed by atoms with van der Waals surface area (Å²) in [5.41, 5.74) is 0. The number of nitro groups is 1. The molecule has 7 heteroatoms. The molecule has 0 spiro atoms. The highest BCUT2D eigenvalue weighted by Crippen LogP contribution is 2.24. The first kappa shape index (κ1) is 14.4. The summed E-state index contributed by atoms with van der Waals surface area (Å²) >= 11 is 0. The van der Waals surface area contributed by atoms with Gasteiger partial charge in [0.25, 0.3) is 0 Å². The third-order valence-corrected chi connectivity index (χ3v) is 2.87. The van der Waals surface area contributed by atoms with Gasteiger partial charge < -0.3 is 20.3 Å². The molecule has 0 saturated carbocycles. The topological polar surface area (TPSA) is 76.2 Å². The Morgan fingerprint density at radius 1 is 1.56 bits per heavy atom. The molecule has 0 amide bonds. The van der Waals surface area contributed by atoms with Crippen molar-refractivity contribution in [3.05, 3.63) is 15.9 Å². The summed E-state index contributed by atoms with van der Waals surface area (Å²) < 4.78 is 1.71. The van der Waals surface area contributed by atoms with Crippen LogP contribution in [0.3, 0.4) is 0 Å². The van der Waals surface area contributed by atoms with Gasteiger partial charge in [-0.25, -0.2) is 0 Å². The molecule has 7 nitrogen and oxygen atoms in total. The molecule has 1 aromatic heterocycles. The maximum Gasteiger partial charge on any atom is 0.406 e. The van der Waals surface area contributed by atoms with Gasteiger partial charge in [-0.2, -0.15) is 0 Å². The second-order valence-electron chi connectivity index (χ2n) is 4.78.